The number of ether oxygens (including phenoxy) is 2. The van der Waals surface area contributed by atoms with E-state index in [1.165, 1.54) is 0 Å². The second-order valence-electron chi connectivity index (χ2n) is 10.4. The van der Waals surface area contributed by atoms with Gasteiger partial charge < -0.3 is 30.5 Å². The van der Waals surface area contributed by atoms with Gasteiger partial charge in [-0.05, 0) is 38.7 Å². The largest absolute Gasteiger partial charge is 0.481 e. The van der Waals surface area contributed by atoms with Gasteiger partial charge in [0, 0.05) is 6.42 Å². The molecule has 0 heterocycles. The topological polar surface area (TPSA) is 177 Å². The van der Waals surface area contributed by atoms with Gasteiger partial charge in [0.25, 0.3) is 0 Å². The van der Waals surface area contributed by atoms with Crippen molar-refractivity contribution in [2.75, 3.05) is 5.33 Å². The Kier molecular flexibility index (Phi) is 14.3. The Morgan fingerprint density at radius 1 is 0.925 bits per heavy atom. The van der Waals surface area contributed by atoms with E-state index in [0.717, 1.165) is 5.56 Å². The lowest BCUT2D eigenvalue weighted by molar-refractivity contribution is -0.155. The van der Waals surface area contributed by atoms with Crippen molar-refractivity contribution in [2.24, 2.45) is 5.92 Å². The van der Waals surface area contributed by atoms with Crippen molar-refractivity contribution >= 4 is 51.6 Å². The number of alkyl carbamates (subject to hydrolysis) is 1. The first-order valence-corrected chi connectivity index (χ1v) is 13.8. The molecule has 1 aromatic carbocycles. The van der Waals surface area contributed by atoms with E-state index in [1.807, 2.05) is 6.07 Å². The third-order valence-electron chi connectivity index (χ3n) is 5.34. The lowest BCUT2D eigenvalue weighted by atomic mass is 10.0. The summed E-state index contributed by atoms with van der Waals surface area (Å²) in [4.78, 5) is 74.3. The molecule has 0 spiro atoms. The number of halogens is 1. The Hall–Kier alpha value is -3.48. The molecule has 0 bridgehead atoms. The summed E-state index contributed by atoms with van der Waals surface area (Å²) in [5.74, 6) is -4.47. The molecule has 3 amide bonds. The maximum Gasteiger partial charge on any atom is 0.408 e. The van der Waals surface area contributed by atoms with Crippen molar-refractivity contribution < 1.29 is 43.3 Å². The number of alkyl halides is 1. The van der Waals surface area contributed by atoms with Crippen LogP contribution in [0.25, 0.3) is 0 Å². The Labute approximate surface area is 242 Å². The zero-order valence-corrected chi connectivity index (χ0v) is 24.9. The smallest absolute Gasteiger partial charge is 0.408 e. The molecule has 13 heteroatoms. The highest BCUT2D eigenvalue weighted by molar-refractivity contribution is 9.09. The van der Waals surface area contributed by atoms with Gasteiger partial charge in [0.1, 0.15) is 24.3 Å². The van der Waals surface area contributed by atoms with Gasteiger partial charge in [0.2, 0.25) is 11.8 Å². The minimum Gasteiger partial charge on any atom is -0.481 e. The molecule has 3 unspecified atom stereocenters. The fourth-order valence-electron chi connectivity index (χ4n) is 3.39. The van der Waals surface area contributed by atoms with Crippen LogP contribution in [0.3, 0.4) is 0 Å². The Bertz CT molecular complexity index is 1040. The summed E-state index contributed by atoms with van der Waals surface area (Å²) in [5, 5.41) is 16.3. The molecule has 1 rings (SSSR count). The van der Waals surface area contributed by atoms with Crippen LogP contribution in [-0.4, -0.2) is 69.8 Å². The number of nitrogens with one attached hydrogen (secondary N) is 3. The van der Waals surface area contributed by atoms with Gasteiger partial charge in [-0.3, -0.25) is 24.0 Å². The van der Waals surface area contributed by atoms with Crippen molar-refractivity contribution in [3.8, 4) is 0 Å². The first-order chi connectivity index (χ1) is 18.6. The van der Waals surface area contributed by atoms with Gasteiger partial charge in [-0.25, -0.2) is 4.79 Å². The third kappa shape index (κ3) is 13.5. The number of rotatable bonds is 15. The normalized spacial score (nSPS) is 13.4. The molecule has 0 aromatic heterocycles. The number of ketones is 1. The molecule has 40 heavy (non-hydrogen) atoms. The van der Waals surface area contributed by atoms with Crippen LogP contribution in [0.5, 0.6) is 0 Å². The average molecular weight is 629 g/mol. The number of carboxylic acid groups (broad SMARTS) is 1. The van der Waals surface area contributed by atoms with E-state index >= 15 is 0 Å². The van der Waals surface area contributed by atoms with Gasteiger partial charge >= 0.3 is 18.0 Å². The quantitative estimate of drug-likeness (QED) is 0.168. The van der Waals surface area contributed by atoms with Crippen molar-refractivity contribution in [3.63, 3.8) is 0 Å². The van der Waals surface area contributed by atoms with Crippen molar-refractivity contribution in [2.45, 2.75) is 84.2 Å². The summed E-state index contributed by atoms with van der Waals surface area (Å²) < 4.78 is 10.5. The number of esters is 1. The van der Waals surface area contributed by atoms with Crippen LogP contribution in [-0.2, 0) is 40.1 Å². The standard InChI is InChI=1S/C27H38BrN3O9/c1-16(2)23(25(37)29-19(13-21(33)34)20(32)14-28)31-24(36)18(11-12-22(35)40-27(3,4)5)30-26(38)39-15-17-9-7-6-8-10-17/h6-10,16,18-19,23H,11-15H2,1-5H3,(H,29,37)(H,30,38)(H,31,36)(H,33,34). The number of amides is 3. The van der Waals surface area contributed by atoms with Crippen LogP contribution in [0.4, 0.5) is 4.79 Å². The molecule has 0 aliphatic carbocycles. The summed E-state index contributed by atoms with van der Waals surface area (Å²) in [6.07, 6.45) is -1.92. The van der Waals surface area contributed by atoms with Crippen LogP contribution in [0, 0.1) is 5.92 Å². The molecule has 0 saturated heterocycles. The Morgan fingerprint density at radius 2 is 1.55 bits per heavy atom. The van der Waals surface area contributed by atoms with E-state index in [2.05, 4.69) is 31.9 Å². The first-order valence-electron chi connectivity index (χ1n) is 12.7. The van der Waals surface area contributed by atoms with E-state index in [1.54, 1.807) is 58.9 Å². The zero-order valence-electron chi connectivity index (χ0n) is 23.3. The molecule has 0 aliphatic heterocycles. The van der Waals surface area contributed by atoms with Gasteiger partial charge in [-0.1, -0.05) is 60.1 Å². The van der Waals surface area contributed by atoms with E-state index in [0.29, 0.717) is 0 Å². The summed E-state index contributed by atoms with van der Waals surface area (Å²) in [7, 11) is 0. The second-order valence-corrected chi connectivity index (χ2v) is 10.9. The zero-order chi connectivity index (χ0) is 30.5. The number of carbonyl (C=O) groups is 6. The minimum absolute atomic E-state index is 0.0589. The molecule has 12 nitrogen and oxygen atoms in total. The highest BCUT2D eigenvalue weighted by Crippen LogP contribution is 2.12. The number of hydrogen-bond donors (Lipinski definition) is 4. The summed E-state index contributed by atoms with van der Waals surface area (Å²) in [6.45, 7) is 8.30. The Balaban J connectivity index is 3.02. The van der Waals surface area contributed by atoms with Crippen LogP contribution in [0.1, 0.15) is 59.4 Å². The molecule has 1 aromatic rings. The third-order valence-corrected chi connectivity index (χ3v) is 5.89. The van der Waals surface area contributed by atoms with Gasteiger partial charge in [-0.2, -0.15) is 0 Å². The van der Waals surface area contributed by atoms with Crippen LogP contribution >= 0.6 is 15.9 Å². The summed E-state index contributed by atoms with van der Waals surface area (Å²) >= 11 is 2.96. The molecule has 0 radical (unpaired) electrons. The molecule has 222 valence electrons. The molecule has 3 atom stereocenters. The average Bonchev–Trinajstić information content (AvgIpc) is 2.86. The van der Waals surface area contributed by atoms with Crippen molar-refractivity contribution in [1.29, 1.82) is 0 Å². The van der Waals surface area contributed by atoms with Gasteiger partial charge in [-0.15, -0.1) is 0 Å². The number of hydrogen-bond acceptors (Lipinski definition) is 8. The molecule has 4 N–H and O–H groups in total. The Morgan fingerprint density at radius 3 is 2.08 bits per heavy atom. The number of carboxylic acids is 1. The van der Waals surface area contributed by atoms with E-state index in [-0.39, 0.29) is 24.8 Å². The number of Topliss-reactive ketones (excluding diaryl/α,β-unsaturated/α-hetero) is 1. The van der Waals surface area contributed by atoms with E-state index in [4.69, 9.17) is 14.6 Å². The molecular formula is C27H38BrN3O9. The first kappa shape index (κ1) is 34.5. The van der Waals surface area contributed by atoms with Gasteiger partial charge in [0.15, 0.2) is 5.78 Å². The molecule has 0 aliphatic rings. The summed E-state index contributed by atoms with van der Waals surface area (Å²) in [5.41, 5.74) is -0.0329. The fraction of sp³-hybridized carbons (Fsp3) is 0.556. The van der Waals surface area contributed by atoms with Crippen molar-refractivity contribution in [3.05, 3.63) is 35.9 Å². The predicted molar refractivity (Wildman–Crippen MR) is 148 cm³/mol. The second kappa shape index (κ2) is 16.6. The van der Waals surface area contributed by atoms with Crippen LogP contribution < -0.4 is 16.0 Å². The van der Waals surface area contributed by atoms with E-state index in [9.17, 15) is 28.8 Å². The highest BCUT2D eigenvalue weighted by Gasteiger charge is 2.32. The highest BCUT2D eigenvalue weighted by atomic mass is 79.9. The maximum atomic E-state index is 13.2. The SMILES string of the molecule is CC(C)C(NC(=O)C(CCC(=O)OC(C)(C)C)NC(=O)OCc1ccccc1)C(=O)NC(CC(=O)O)C(=O)CBr. The monoisotopic (exact) mass is 627 g/mol. The summed E-state index contributed by atoms with van der Waals surface area (Å²) in [6, 6.07) is 5.10. The maximum absolute atomic E-state index is 13.2. The van der Waals surface area contributed by atoms with Crippen molar-refractivity contribution in [1.82, 2.24) is 16.0 Å². The molecule has 0 saturated carbocycles. The van der Waals surface area contributed by atoms with Crippen LogP contribution in [0.2, 0.25) is 0 Å². The predicted octanol–water partition coefficient (Wildman–Crippen LogP) is 2.47. The number of aliphatic carboxylic acids is 1. The minimum atomic E-state index is -1.31. The number of benzene rings is 1. The molecular weight excluding hydrogens is 590 g/mol. The number of carbonyl (C=O) groups excluding carboxylic acids is 5. The lowest BCUT2D eigenvalue weighted by Gasteiger charge is -2.27. The molecule has 0 fully saturated rings. The lowest BCUT2D eigenvalue weighted by Crippen LogP contribution is -2.57. The van der Waals surface area contributed by atoms with Gasteiger partial charge in [0.05, 0.1) is 17.8 Å². The van der Waals surface area contributed by atoms with E-state index < -0.39 is 71.7 Å². The van der Waals surface area contributed by atoms with Crippen LogP contribution in [0.15, 0.2) is 30.3 Å². The fourth-order valence-corrected chi connectivity index (χ4v) is 3.78.